The number of rotatable bonds is 0. The van der Waals surface area contributed by atoms with E-state index in [-0.39, 0.29) is 42.6 Å². The Morgan fingerprint density at radius 2 is 1.27 bits per heavy atom. The molecule has 30 heavy (non-hydrogen) atoms. The number of ether oxygens (including phenoxy) is 1. The highest BCUT2D eigenvalue weighted by Crippen LogP contribution is 2.23. The van der Waals surface area contributed by atoms with Gasteiger partial charge in [-0.3, -0.25) is 19.3 Å². The largest absolute Gasteiger partial charge is 0.449 e. The van der Waals surface area contributed by atoms with Crippen molar-refractivity contribution in [2.45, 2.75) is 89.1 Å². The number of hydrogen-bond acceptors (Lipinski definition) is 5. The second kappa shape index (κ2) is 11.3. The number of amides is 2. The molecule has 0 N–H and O–H groups in total. The highest BCUT2D eigenvalue weighted by atomic mass is 16.6. The summed E-state index contributed by atoms with van der Waals surface area (Å²) in [5.41, 5.74) is 0. The average molecular weight is 419 g/mol. The molecule has 0 bridgehead atoms. The van der Waals surface area contributed by atoms with Crippen molar-refractivity contribution >= 4 is 23.6 Å². The van der Waals surface area contributed by atoms with Gasteiger partial charge in [0.05, 0.1) is 18.7 Å². The number of cyclic esters (lactones) is 1. The minimum atomic E-state index is -0.457. The van der Waals surface area contributed by atoms with E-state index < -0.39 is 6.09 Å². The quantitative estimate of drug-likeness (QED) is 0.563. The molecular weight excluding hydrogens is 384 g/mol. The van der Waals surface area contributed by atoms with Crippen LogP contribution in [0, 0.1) is 0 Å². The minimum absolute atomic E-state index is 0.0366. The topological polar surface area (TPSA) is 84.0 Å². The highest BCUT2D eigenvalue weighted by molar-refractivity contribution is 5.89. The Labute approximate surface area is 178 Å². The molecule has 0 aromatic rings. The monoisotopic (exact) mass is 418 g/mol. The fourth-order valence-corrected chi connectivity index (χ4v) is 4.69. The average Bonchev–Trinajstić information content (AvgIpc) is 3.41. The molecule has 0 aromatic carbocycles. The Bertz CT molecular complexity index is 619. The summed E-state index contributed by atoms with van der Waals surface area (Å²) in [6.45, 7) is 1.33. The van der Waals surface area contributed by atoms with E-state index in [1.54, 1.807) is 9.80 Å². The minimum Gasteiger partial charge on any atom is -0.449 e. The van der Waals surface area contributed by atoms with Crippen LogP contribution in [0.15, 0.2) is 12.2 Å². The predicted octanol–water partition coefficient (Wildman–Crippen LogP) is 3.41. The van der Waals surface area contributed by atoms with E-state index in [0.29, 0.717) is 38.8 Å². The highest BCUT2D eigenvalue weighted by Gasteiger charge is 2.35. The normalized spacial score (nSPS) is 29.3. The van der Waals surface area contributed by atoms with Gasteiger partial charge in [-0.15, -0.1) is 0 Å². The molecule has 0 saturated carbocycles. The number of Topliss-reactive ketones (excluding diaryl/α,β-unsaturated/α-hetero) is 2. The molecule has 0 radical (unpaired) electrons. The summed E-state index contributed by atoms with van der Waals surface area (Å²) < 4.78 is 5.35. The molecule has 0 aromatic heterocycles. The van der Waals surface area contributed by atoms with Crippen LogP contribution in [0.5, 0.6) is 0 Å². The predicted molar refractivity (Wildman–Crippen MR) is 112 cm³/mol. The number of nitrogens with zero attached hydrogens (tertiary/aromatic N) is 2. The van der Waals surface area contributed by atoms with Crippen LogP contribution < -0.4 is 0 Å². The lowest BCUT2D eigenvalue weighted by Gasteiger charge is -2.24. The van der Waals surface area contributed by atoms with Crippen LogP contribution in [-0.4, -0.2) is 65.1 Å². The number of carbonyl (C=O) groups excluding carboxylic acids is 4. The molecule has 0 spiro atoms. The summed E-state index contributed by atoms with van der Waals surface area (Å²) in [7, 11) is 0. The van der Waals surface area contributed by atoms with Gasteiger partial charge in [0.15, 0.2) is 11.6 Å². The fraction of sp³-hybridized carbons (Fsp3) is 0.739. The molecule has 2 saturated heterocycles. The first-order valence-electron chi connectivity index (χ1n) is 11.5. The van der Waals surface area contributed by atoms with Gasteiger partial charge in [-0.25, -0.2) is 4.79 Å². The molecule has 3 heterocycles. The van der Waals surface area contributed by atoms with E-state index in [9.17, 15) is 19.2 Å². The van der Waals surface area contributed by atoms with Gasteiger partial charge in [-0.2, -0.15) is 0 Å². The van der Waals surface area contributed by atoms with Gasteiger partial charge in [-0.1, -0.05) is 12.2 Å². The summed E-state index contributed by atoms with van der Waals surface area (Å²) >= 11 is 0. The number of carbonyl (C=O) groups is 4. The summed E-state index contributed by atoms with van der Waals surface area (Å²) in [6, 6.07) is -0.656. The Morgan fingerprint density at radius 3 is 1.90 bits per heavy atom. The van der Waals surface area contributed by atoms with Crippen molar-refractivity contribution in [2.75, 3.05) is 19.7 Å². The van der Waals surface area contributed by atoms with Crippen LogP contribution in [0.4, 0.5) is 4.79 Å². The number of hydrogen-bond donors (Lipinski definition) is 0. The summed E-state index contributed by atoms with van der Waals surface area (Å²) in [6.07, 6.45) is 11.7. The third-order valence-corrected chi connectivity index (χ3v) is 6.32. The molecule has 2 amide bonds. The molecule has 7 nitrogen and oxygen atoms in total. The van der Waals surface area contributed by atoms with E-state index in [4.69, 9.17) is 4.74 Å². The summed E-state index contributed by atoms with van der Waals surface area (Å²) in [5.74, 6) is 0.222. The second-order valence-corrected chi connectivity index (χ2v) is 8.50. The molecule has 3 aliphatic heterocycles. The Hall–Kier alpha value is -2.18. The first-order valence-corrected chi connectivity index (χ1v) is 11.5. The number of allylic oxidation sites excluding steroid dienone is 2. The van der Waals surface area contributed by atoms with Crippen LogP contribution in [-0.2, 0) is 19.1 Å². The summed E-state index contributed by atoms with van der Waals surface area (Å²) in [5, 5.41) is 0. The Morgan fingerprint density at radius 1 is 0.700 bits per heavy atom. The second-order valence-electron chi connectivity index (χ2n) is 8.50. The molecule has 2 fully saturated rings. The Balaban J connectivity index is 1.61. The molecule has 166 valence electrons. The first kappa shape index (κ1) is 22.5. The van der Waals surface area contributed by atoms with E-state index in [1.807, 2.05) is 0 Å². The van der Waals surface area contributed by atoms with Crippen LogP contribution in [0.25, 0.3) is 0 Å². The number of fused-ring (bicyclic) bond motifs is 2. The fourth-order valence-electron chi connectivity index (χ4n) is 4.69. The third kappa shape index (κ3) is 5.92. The van der Waals surface area contributed by atoms with E-state index in [0.717, 1.165) is 44.9 Å². The van der Waals surface area contributed by atoms with E-state index in [2.05, 4.69) is 12.2 Å². The zero-order valence-corrected chi connectivity index (χ0v) is 17.9. The van der Waals surface area contributed by atoms with Gasteiger partial charge in [0, 0.05) is 32.4 Å². The van der Waals surface area contributed by atoms with E-state index >= 15 is 0 Å². The standard InChI is InChI=1S/C23H34N2O5/c26-20-12-5-3-1-2-4-6-13-21(27)19-11-8-16-25(19)23(29)30-17-9-14-22(28)24-15-7-10-18(20)24/h1-2,18-19H,3-17H2/b2-1-. The van der Waals surface area contributed by atoms with Crippen molar-refractivity contribution < 1.29 is 23.9 Å². The van der Waals surface area contributed by atoms with Gasteiger partial charge in [0.2, 0.25) is 5.91 Å². The van der Waals surface area contributed by atoms with Gasteiger partial charge in [0.25, 0.3) is 0 Å². The molecule has 3 aliphatic rings. The Kier molecular flexibility index (Phi) is 8.46. The van der Waals surface area contributed by atoms with Gasteiger partial charge in [0.1, 0.15) is 0 Å². The van der Waals surface area contributed by atoms with E-state index in [1.165, 1.54) is 0 Å². The smallest absolute Gasteiger partial charge is 0.410 e. The maximum atomic E-state index is 12.6. The first-order chi connectivity index (χ1) is 14.6. The van der Waals surface area contributed by atoms with Gasteiger partial charge >= 0.3 is 6.09 Å². The van der Waals surface area contributed by atoms with Crippen molar-refractivity contribution in [3.63, 3.8) is 0 Å². The SMILES string of the molecule is O=C1CCC/C=C\CCCC(=O)C2CCCN2C(=O)OCCCC(=O)N2CCCC12. The summed E-state index contributed by atoms with van der Waals surface area (Å²) in [4.78, 5) is 53.4. The lowest BCUT2D eigenvalue weighted by molar-refractivity contribution is -0.137. The lowest BCUT2D eigenvalue weighted by atomic mass is 10.0. The maximum Gasteiger partial charge on any atom is 0.410 e. The zero-order valence-electron chi connectivity index (χ0n) is 17.9. The molecule has 7 heteroatoms. The molecule has 0 aliphatic carbocycles. The lowest BCUT2D eigenvalue weighted by Crippen LogP contribution is -2.41. The van der Waals surface area contributed by atoms with Crippen LogP contribution in [0.3, 0.4) is 0 Å². The van der Waals surface area contributed by atoms with Crippen molar-refractivity contribution in [3.8, 4) is 0 Å². The third-order valence-electron chi connectivity index (χ3n) is 6.32. The maximum absolute atomic E-state index is 12.6. The van der Waals surface area contributed by atoms with Crippen LogP contribution in [0.1, 0.15) is 77.0 Å². The zero-order chi connectivity index (χ0) is 21.3. The molecular formula is C23H34N2O5. The van der Waals surface area contributed by atoms with Crippen molar-refractivity contribution in [1.29, 1.82) is 0 Å². The molecule has 2 atom stereocenters. The van der Waals surface area contributed by atoms with Crippen molar-refractivity contribution in [2.24, 2.45) is 0 Å². The van der Waals surface area contributed by atoms with Crippen molar-refractivity contribution in [3.05, 3.63) is 12.2 Å². The van der Waals surface area contributed by atoms with Crippen molar-refractivity contribution in [1.82, 2.24) is 9.80 Å². The molecule has 3 rings (SSSR count). The van der Waals surface area contributed by atoms with Gasteiger partial charge in [-0.05, 0) is 57.8 Å². The number of ketones is 2. The van der Waals surface area contributed by atoms with Crippen LogP contribution in [0.2, 0.25) is 0 Å². The molecule has 2 unspecified atom stereocenters. The van der Waals surface area contributed by atoms with Crippen LogP contribution >= 0.6 is 0 Å². The van der Waals surface area contributed by atoms with Gasteiger partial charge < -0.3 is 9.64 Å².